The van der Waals surface area contributed by atoms with Crippen molar-refractivity contribution >= 4 is 11.4 Å². The van der Waals surface area contributed by atoms with Gasteiger partial charge in [-0.25, -0.2) is 0 Å². The van der Waals surface area contributed by atoms with Gasteiger partial charge in [0.05, 0.1) is 11.3 Å². The molecule has 0 amide bonds. The Morgan fingerprint density at radius 1 is 1.37 bits per heavy atom. The average molecular weight is 258 g/mol. The van der Waals surface area contributed by atoms with E-state index in [9.17, 15) is 0 Å². The van der Waals surface area contributed by atoms with Crippen molar-refractivity contribution in [2.24, 2.45) is 5.92 Å². The average Bonchev–Trinajstić information content (AvgIpc) is 2.39. The molecule has 1 fully saturated rings. The van der Waals surface area contributed by atoms with E-state index in [4.69, 9.17) is 11.0 Å². The van der Waals surface area contributed by atoms with Gasteiger partial charge in [-0.1, -0.05) is 0 Å². The van der Waals surface area contributed by atoms with Gasteiger partial charge in [0, 0.05) is 25.3 Å². The van der Waals surface area contributed by atoms with Gasteiger partial charge in [0.25, 0.3) is 0 Å². The third kappa shape index (κ3) is 3.39. The molecule has 0 radical (unpaired) electrons. The summed E-state index contributed by atoms with van der Waals surface area (Å²) in [5.41, 5.74) is 8.16. The van der Waals surface area contributed by atoms with Crippen molar-refractivity contribution in [1.29, 1.82) is 5.26 Å². The lowest BCUT2D eigenvalue weighted by Gasteiger charge is -2.34. The van der Waals surface area contributed by atoms with E-state index in [1.165, 1.54) is 19.4 Å². The molecule has 0 spiro atoms. The molecule has 0 bridgehead atoms. The molecule has 0 aliphatic carbocycles. The SMILES string of the molecule is CN(C)CC1CCN(c2ccc(C#N)c(N)c2)CC1. The summed E-state index contributed by atoms with van der Waals surface area (Å²) in [6, 6.07) is 7.84. The lowest BCUT2D eigenvalue weighted by Crippen LogP contribution is -2.37. The molecule has 0 unspecified atom stereocenters. The maximum atomic E-state index is 8.89. The van der Waals surface area contributed by atoms with Crippen LogP contribution in [-0.4, -0.2) is 38.6 Å². The number of benzene rings is 1. The Kier molecular flexibility index (Phi) is 4.28. The van der Waals surface area contributed by atoms with Crippen LogP contribution in [-0.2, 0) is 0 Å². The second-order valence-electron chi connectivity index (χ2n) is 5.58. The van der Waals surface area contributed by atoms with Crippen LogP contribution >= 0.6 is 0 Å². The van der Waals surface area contributed by atoms with Crippen LogP contribution < -0.4 is 10.6 Å². The predicted molar refractivity (Wildman–Crippen MR) is 79.1 cm³/mol. The van der Waals surface area contributed by atoms with E-state index in [0.29, 0.717) is 11.3 Å². The second-order valence-corrected chi connectivity index (χ2v) is 5.58. The van der Waals surface area contributed by atoms with Crippen molar-refractivity contribution in [2.45, 2.75) is 12.8 Å². The molecule has 4 nitrogen and oxygen atoms in total. The van der Waals surface area contributed by atoms with E-state index < -0.39 is 0 Å². The molecule has 1 heterocycles. The van der Waals surface area contributed by atoms with Crippen LogP contribution in [0, 0.1) is 17.2 Å². The maximum absolute atomic E-state index is 8.89. The highest BCUT2D eigenvalue weighted by Gasteiger charge is 2.20. The predicted octanol–water partition coefficient (Wildman–Crippen LogP) is 1.92. The van der Waals surface area contributed by atoms with E-state index in [1.54, 1.807) is 0 Å². The lowest BCUT2D eigenvalue weighted by atomic mass is 9.96. The Morgan fingerprint density at radius 3 is 2.58 bits per heavy atom. The molecule has 102 valence electrons. The fourth-order valence-electron chi connectivity index (χ4n) is 2.74. The second kappa shape index (κ2) is 5.94. The van der Waals surface area contributed by atoms with Crippen molar-refractivity contribution in [3.8, 4) is 6.07 Å². The number of nitrogens with zero attached hydrogens (tertiary/aromatic N) is 3. The molecule has 1 aromatic rings. The summed E-state index contributed by atoms with van der Waals surface area (Å²) >= 11 is 0. The number of hydrogen-bond acceptors (Lipinski definition) is 4. The first-order valence-electron chi connectivity index (χ1n) is 6.79. The van der Waals surface area contributed by atoms with E-state index >= 15 is 0 Å². The van der Waals surface area contributed by atoms with Crippen molar-refractivity contribution < 1.29 is 0 Å². The summed E-state index contributed by atoms with van der Waals surface area (Å²) in [6.07, 6.45) is 2.44. The van der Waals surface area contributed by atoms with Crippen LogP contribution in [0.2, 0.25) is 0 Å². The van der Waals surface area contributed by atoms with E-state index in [2.05, 4.69) is 30.0 Å². The molecule has 1 aliphatic heterocycles. The standard InChI is InChI=1S/C15H22N4/c1-18(2)11-12-5-7-19(8-6-12)14-4-3-13(10-16)15(17)9-14/h3-4,9,12H,5-8,11,17H2,1-2H3. The van der Waals surface area contributed by atoms with E-state index in [-0.39, 0.29) is 0 Å². The van der Waals surface area contributed by atoms with E-state index in [0.717, 1.165) is 24.7 Å². The quantitative estimate of drug-likeness (QED) is 0.842. The van der Waals surface area contributed by atoms with Crippen LogP contribution in [0.15, 0.2) is 18.2 Å². The minimum Gasteiger partial charge on any atom is -0.398 e. The third-order valence-electron chi connectivity index (χ3n) is 3.76. The van der Waals surface area contributed by atoms with Crippen LogP contribution in [0.1, 0.15) is 18.4 Å². The monoisotopic (exact) mass is 258 g/mol. The van der Waals surface area contributed by atoms with Crippen molar-refractivity contribution in [1.82, 2.24) is 4.90 Å². The molecule has 0 atom stereocenters. The maximum Gasteiger partial charge on any atom is 0.101 e. The number of anilines is 2. The number of piperidine rings is 1. The molecular formula is C15H22N4. The zero-order valence-electron chi connectivity index (χ0n) is 11.8. The van der Waals surface area contributed by atoms with Gasteiger partial charge in [-0.3, -0.25) is 0 Å². The lowest BCUT2D eigenvalue weighted by molar-refractivity contribution is 0.285. The van der Waals surface area contributed by atoms with Gasteiger partial charge in [-0.2, -0.15) is 5.26 Å². The first kappa shape index (κ1) is 13.7. The fourth-order valence-corrected chi connectivity index (χ4v) is 2.74. The number of nitrogen functional groups attached to an aromatic ring is 1. The molecule has 1 aromatic carbocycles. The molecule has 19 heavy (non-hydrogen) atoms. The highest BCUT2D eigenvalue weighted by Crippen LogP contribution is 2.26. The molecule has 1 saturated heterocycles. The van der Waals surface area contributed by atoms with Crippen molar-refractivity contribution in [3.63, 3.8) is 0 Å². The van der Waals surface area contributed by atoms with Crippen LogP contribution in [0.25, 0.3) is 0 Å². The summed E-state index contributed by atoms with van der Waals surface area (Å²) in [5.74, 6) is 0.793. The van der Waals surface area contributed by atoms with E-state index in [1.807, 2.05) is 18.2 Å². The van der Waals surface area contributed by atoms with Gasteiger partial charge >= 0.3 is 0 Å². The van der Waals surface area contributed by atoms with Crippen molar-refractivity contribution in [3.05, 3.63) is 23.8 Å². The first-order chi connectivity index (χ1) is 9.10. The molecule has 2 N–H and O–H groups in total. The Morgan fingerprint density at radius 2 is 2.05 bits per heavy atom. The molecule has 2 rings (SSSR count). The Labute approximate surface area is 115 Å². The zero-order valence-corrected chi connectivity index (χ0v) is 11.8. The van der Waals surface area contributed by atoms with Crippen LogP contribution in [0.5, 0.6) is 0 Å². The fraction of sp³-hybridized carbons (Fsp3) is 0.533. The van der Waals surface area contributed by atoms with Gasteiger partial charge < -0.3 is 15.5 Å². The molecule has 4 heteroatoms. The van der Waals surface area contributed by atoms with Gasteiger partial charge in [-0.15, -0.1) is 0 Å². The summed E-state index contributed by atoms with van der Waals surface area (Å²) in [4.78, 5) is 4.63. The minimum absolute atomic E-state index is 0.561. The van der Waals surface area contributed by atoms with Crippen molar-refractivity contribution in [2.75, 3.05) is 44.4 Å². The summed E-state index contributed by atoms with van der Waals surface area (Å²) in [6.45, 7) is 3.32. The first-order valence-corrected chi connectivity index (χ1v) is 6.79. The molecule has 0 saturated carbocycles. The van der Waals surface area contributed by atoms with Gasteiger partial charge in [0.2, 0.25) is 0 Å². The summed E-state index contributed by atoms with van der Waals surface area (Å²) in [7, 11) is 4.27. The highest BCUT2D eigenvalue weighted by atomic mass is 15.1. The van der Waals surface area contributed by atoms with Gasteiger partial charge in [-0.05, 0) is 51.1 Å². The van der Waals surface area contributed by atoms with Crippen LogP contribution in [0.3, 0.4) is 0 Å². The largest absolute Gasteiger partial charge is 0.398 e. The smallest absolute Gasteiger partial charge is 0.101 e. The molecular weight excluding hydrogens is 236 g/mol. The minimum atomic E-state index is 0.561. The number of rotatable bonds is 3. The Hall–Kier alpha value is -1.73. The number of nitriles is 1. The third-order valence-corrected chi connectivity index (χ3v) is 3.76. The molecule has 0 aromatic heterocycles. The summed E-state index contributed by atoms with van der Waals surface area (Å²) < 4.78 is 0. The molecule has 1 aliphatic rings. The number of nitrogens with two attached hydrogens (primary N) is 1. The van der Waals surface area contributed by atoms with Gasteiger partial charge in [0.1, 0.15) is 6.07 Å². The van der Waals surface area contributed by atoms with Gasteiger partial charge in [0.15, 0.2) is 0 Å². The topological polar surface area (TPSA) is 56.3 Å². The normalized spacial score (nSPS) is 16.6. The zero-order chi connectivity index (χ0) is 13.8. The Balaban J connectivity index is 1.98. The number of hydrogen-bond donors (Lipinski definition) is 1. The highest BCUT2D eigenvalue weighted by molar-refractivity contribution is 5.63. The van der Waals surface area contributed by atoms with Crippen LogP contribution in [0.4, 0.5) is 11.4 Å². The summed E-state index contributed by atoms with van der Waals surface area (Å²) in [5, 5.41) is 8.89. The Bertz CT molecular complexity index is 468.